The molecule has 2 aromatic rings. The number of carbonyl (C=O) groups is 1. The first-order chi connectivity index (χ1) is 7.49. The molecule has 8 heteroatoms. The molecule has 0 aliphatic rings. The quantitative estimate of drug-likeness (QED) is 0.788. The number of thiophene rings is 1. The van der Waals surface area contributed by atoms with Gasteiger partial charge in [0.25, 0.3) is 5.56 Å². The first-order valence-electron chi connectivity index (χ1n) is 4.76. The van der Waals surface area contributed by atoms with Gasteiger partial charge in [0.05, 0.1) is 5.39 Å². The molecule has 0 aliphatic heterocycles. The molecule has 2 heterocycles. The van der Waals surface area contributed by atoms with E-state index in [0.29, 0.717) is 16.1 Å². The molecule has 0 saturated carbocycles. The maximum atomic E-state index is 11.6. The fraction of sp³-hybridized carbons (Fsp3) is 0.300. The van der Waals surface area contributed by atoms with Crippen LogP contribution < -0.4 is 5.56 Å². The number of aromatic nitrogens is 2. The Balaban J connectivity index is 0.00000144. The Morgan fingerprint density at radius 1 is 1.44 bits per heavy atom. The normalized spacial score (nSPS) is 9.94. The molecule has 0 bridgehead atoms. The molecule has 0 amide bonds. The zero-order valence-corrected chi connectivity index (χ0v) is 9.59. The molecule has 5 nitrogen and oxygen atoms in total. The van der Waals surface area contributed by atoms with Crippen molar-refractivity contribution in [1.82, 2.24) is 9.97 Å². The van der Waals surface area contributed by atoms with Crippen LogP contribution in [0.2, 0.25) is 0 Å². The molecule has 0 spiro atoms. The SMILES string of the molecule is CC(C)c1cc2c(=O)[nH]c(C(=O)O)nc2s1.[NaH].[NaH]. The third-order valence-corrected chi connectivity index (χ3v) is 3.52. The molecule has 0 aromatic carbocycles. The number of fused-ring (bicyclic) bond motifs is 1. The van der Waals surface area contributed by atoms with E-state index >= 15 is 0 Å². The molecule has 0 aliphatic carbocycles. The maximum absolute atomic E-state index is 11.6. The molecule has 0 atom stereocenters. The van der Waals surface area contributed by atoms with Crippen LogP contribution in [0.25, 0.3) is 10.2 Å². The summed E-state index contributed by atoms with van der Waals surface area (Å²) >= 11 is 1.36. The minimum absolute atomic E-state index is 0. The topological polar surface area (TPSA) is 83.0 Å². The molecule has 0 saturated heterocycles. The fourth-order valence-corrected chi connectivity index (χ4v) is 2.37. The second-order valence-corrected chi connectivity index (χ2v) is 4.80. The average molecular weight is 286 g/mol. The van der Waals surface area contributed by atoms with Crippen molar-refractivity contribution in [3.8, 4) is 0 Å². The number of carboxylic acid groups (broad SMARTS) is 1. The van der Waals surface area contributed by atoms with Gasteiger partial charge >= 0.3 is 65.1 Å². The van der Waals surface area contributed by atoms with Gasteiger partial charge in [0, 0.05) is 4.88 Å². The van der Waals surface area contributed by atoms with Crippen molar-refractivity contribution in [2.24, 2.45) is 0 Å². The summed E-state index contributed by atoms with van der Waals surface area (Å²) in [5, 5.41) is 9.21. The van der Waals surface area contributed by atoms with Gasteiger partial charge in [-0.15, -0.1) is 11.3 Å². The van der Waals surface area contributed by atoms with E-state index in [0.717, 1.165) is 4.88 Å². The predicted octanol–water partition coefficient (Wildman–Crippen LogP) is 0.509. The molecule has 2 N–H and O–H groups in total. The number of hydrogen-bond acceptors (Lipinski definition) is 4. The summed E-state index contributed by atoms with van der Waals surface area (Å²) in [5.74, 6) is -1.24. The van der Waals surface area contributed by atoms with Gasteiger partial charge in [0.15, 0.2) is 0 Å². The molecule has 2 rings (SSSR count). The minimum atomic E-state index is -1.22. The first-order valence-corrected chi connectivity index (χ1v) is 5.57. The zero-order chi connectivity index (χ0) is 11.9. The van der Waals surface area contributed by atoms with E-state index in [1.807, 2.05) is 13.8 Å². The van der Waals surface area contributed by atoms with E-state index in [-0.39, 0.29) is 64.9 Å². The van der Waals surface area contributed by atoms with E-state index in [1.165, 1.54) is 11.3 Å². The molecule has 0 fully saturated rings. The number of nitrogens with zero attached hydrogens (tertiary/aromatic N) is 1. The number of rotatable bonds is 2. The van der Waals surface area contributed by atoms with Crippen LogP contribution in [0.4, 0.5) is 0 Å². The van der Waals surface area contributed by atoms with Crippen LogP contribution in [0.15, 0.2) is 10.9 Å². The van der Waals surface area contributed by atoms with Crippen LogP contribution in [0.3, 0.4) is 0 Å². The second kappa shape index (κ2) is 7.19. The van der Waals surface area contributed by atoms with Gasteiger partial charge in [0.1, 0.15) is 4.83 Å². The summed E-state index contributed by atoms with van der Waals surface area (Å²) in [5.41, 5.74) is -0.398. The predicted molar refractivity (Wildman–Crippen MR) is 75.6 cm³/mol. The third kappa shape index (κ3) is 3.66. The zero-order valence-electron chi connectivity index (χ0n) is 8.77. The summed E-state index contributed by atoms with van der Waals surface area (Å²) in [6, 6.07) is 1.77. The van der Waals surface area contributed by atoms with Crippen LogP contribution in [-0.2, 0) is 0 Å². The van der Waals surface area contributed by atoms with Gasteiger partial charge in [-0.25, -0.2) is 9.78 Å². The molecular formula is C10H12N2Na2O3S. The van der Waals surface area contributed by atoms with Crippen LogP contribution in [0.1, 0.15) is 35.3 Å². The van der Waals surface area contributed by atoms with Gasteiger partial charge in [-0.1, -0.05) is 13.8 Å². The van der Waals surface area contributed by atoms with Crippen LogP contribution in [-0.4, -0.2) is 80.2 Å². The summed E-state index contributed by atoms with van der Waals surface area (Å²) in [6.07, 6.45) is 0. The number of hydrogen-bond donors (Lipinski definition) is 2. The monoisotopic (exact) mass is 286 g/mol. The van der Waals surface area contributed by atoms with Crippen molar-refractivity contribution in [1.29, 1.82) is 0 Å². The summed E-state index contributed by atoms with van der Waals surface area (Å²) < 4.78 is 0. The van der Waals surface area contributed by atoms with Gasteiger partial charge < -0.3 is 10.1 Å². The number of carboxylic acids is 1. The van der Waals surface area contributed by atoms with Crippen molar-refractivity contribution in [3.63, 3.8) is 0 Å². The Morgan fingerprint density at radius 3 is 2.56 bits per heavy atom. The first kappa shape index (κ1) is 18.3. The number of nitrogens with one attached hydrogen (secondary N) is 1. The molecule has 18 heavy (non-hydrogen) atoms. The standard InChI is InChI=1S/C10H10N2O3S.2Na.2H/c1-4(2)6-3-5-8(13)11-7(10(14)15)12-9(5)16-6;;;;/h3-4H,1-2H3,(H,14,15)(H,11,12,13);;;;. The molecular weight excluding hydrogens is 274 g/mol. The van der Waals surface area contributed by atoms with Gasteiger partial charge in [-0.05, 0) is 12.0 Å². The van der Waals surface area contributed by atoms with Crippen LogP contribution >= 0.6 is 11.3 Å². The van der Waals surface area contributed by atoms with Gasteiger partial charge in [-0.3, -0.25) is 4.79 Å². The number of H-pyrrole nitrogens is 1. The number of aromatic carboxylic acids is 1. The van der Waals surface area contributed by atoms with E-state index < -0.39 is 11.5 Å². The van der Waals surface area contributed by atoms with Gasteiger partial charge in [-0.2, -0.15) is 0 Å². The summed E-state index contributed by atoms with van der Waals surface area (Å²) in [7, 11) is 0. The van der Waals surface area contributed by atoms with E-state index in [4.69, 9.17) is 5.11 Å². The summed E-state index contributed by atoms with van der Waals surface area (Å²) in [4.78, 5) is 29.9. The Hall–Kier alpha value is 0.310. The second-order valence-electron chi connectivity index (χ2n) is 3.74. The summed E-state index contributed by atoms with van der Waals surface area (Å²) in [6.45, 7) is 4.02. The molecule has 2 aromatic heterocycles. The van der Waals surface area contributed by atoms with E-state index in [2.05, 4.69) is 9.97 Å². The third-order valence-electron chi connectivity index (χ3n) is 2.19. The van der Waals surface area contributed by atoms with Crippen molar-refractivity contribution < 1.29 is 9.90 Å². The average Bonchev–Trinajstić information content (AvgIpc) is 2.61. The van der Waals surface area contributed by atoms with Crippen LogP contribution in [0, 0.1) is 0 Å². The van der Waals surface area contributed by atoms with Crippen molar-refractivity contribution >= 4 is 86.6 Å². The Morgan fingerprint density at radius 2 is 2.06 bits per heavy atom. The van der Waals surface area contributed by atoms with E-state index in [1.54, 1.807) is 6.07 Å². The Bertz CT molecular complexity index is 621. The van der Waals surface area contributed by atoms with Crippen LogP contribution in [0.5, 0.6) is 0 Å². The fourth-order valence-electron chi connectivity index (χ4n) is 1.34. The van der Waals surface area contributed by atoms with Crippen molar-refractivity contribution in [2.75, 3.05) is 0 Å². The van der Waals surface area contributed by atoms with Crippen molar-refractivity contribution in [3.05, 3.63) is 27.1 Å². The molecule has 0 unspecified atom stereocenters. The Labute approximate surface area is 152 Å². The van der Waals surface area contributed by atoms with E-state index in [9.17, 15) is 9.59 Å². The molecule has 88 valence electrons. The van der Waals surface area contributed by atoms with Crippen molar-refractivity contribution in [2.45, 2.75) is 19.8 Å². The Kier molecular flexibility index (Phi) is 7.31. The molecule has 0 radical (unpaired) electrons. The van der Waals surface area contributed by atoms with Gasteiger partial charge in [0.2, 0.25) is 5.82 Å². The number of aromatic amines is 1.